The van der Waals surface area contributed by atoms with Crippen LogP contribution in [-0.4, -0.2) is 13.4 Å². The van der Waals surface area contributed by atoms with Crippen molar-refractivity contribution in [2.24, 2.45) is 0 Å². The van der Waals surface area contributed by atoms with E-state index in [1.807, 2.05) is 36.4 Å². The van der Waals surface area contributed by atoms with Crippen LogP contribution in [0.15, 0.2) is 53.4 Å². The highest BCUT2D eigenvalue weighted by Gasteiger charge is 2.02. The van der Waals surface area contributed by atoms with Crippen molar-refractivity contribution in [2.45, 2.75) is 11.5 Å². The lowest BCUT2D eigenvalue weighted by Gasteiger charge is -2.10. The maximum absolute atomic E-state index is 5.74. The lowest BCUT2D eigenvalue weighted by atomic mass is 10.2. The molecule has 0 N–H and O–H groups in total. The molecule has 0 saturated carbocycles. The molecule has 2 nitrogen and oxygen atoms in total. The Labute approximate surface area is 112 Å². The van der Waals surface area contributed by atoms with Crippen LogP contribution >= 0.6 is 11.8 Å². The summed E-state index contributed by atoms with van der Waals surface area (Å²) in [7, 11) is 1.67. The van der Waals surface area contributed by atoms with Gasteiger partial charge in [0.1, 0.15) is 18.1 Å². The first-order valence-electron chi connectivity index (χ1n) is 5.72. The Kier molecular flexibility index (Phi) is 4.53. The fourth-order valence-electron chi connectivity index (χ4n) is 1.66. The highest BCUT2D eigenvalue weighted by Crippen LogP contribution is 2.22. The first kappa shape index (κ1) is 12.8. The molecule has 0 aromatic heterocycles. The summed E-state index contributed by atoms with van der Waals surface area (Å²) in [5.41, 5.74) is 1.05. The molecule has 0 aliphatic heterocycles. The number of methoxy groups -OCH3 is 1. The van der Waals surface area contributed by atoms with Gasteiger partial charge >= 0.3 is 0 Å². The van der Waals surface area contributed by atoms with Crippen molar-refractivity contribution in [3.05, 3.63) is 54.1 Å². The molecule has 94 valence electrons. The number of para-hydroxylation sites is 1. The molecule has 0 fully saturated rings. The number of thioether (sulfide) groups is 1. The first-order valence-corrected chi connectivity index (χ1v) is 6.94. The lowest BCUT2D eigenvalue weighted by Crippen LogP contribution is -1.98. The van der Waals surface area contributed by atoms with Crippen LogP contribution in [0.3, 0.4) is 0 Å². The van der Waals surface area contributed by atoms with E-state index in [9.17, 15) is 0 Å². The quantitative estimate of drug-likeness (QED) is 0.757. The molecule has 2 aromatic carbocycles. The van der Waals surface area contributed by atoms with Crippen LogP contribution in [0.5, 0.6) is 11.5 Å². The molecule has 0 unspecified atom stereocenters. The zero-order valence-corrected chi connectivity index (χ0v) is 11.4. The molecule has 0 aliphatic rings. The predicted octanol–water partition coefficient (Wildman–Crippen LogP) is 4.00. The third kappa shape index (κ3) is 3.20. The summed E-state index contributed by atoms with van der Waals surface area (Å²) in [6.07, 6.45) is 2.06. The van der Waals surface area contributed by atoms with Crippen molar-refractivity contribution in [3.63, 3.8) is 0 Å². The topological polar surface area (TPSA) is 18.5 Å². The second-order valence-corrected chi connectivity index (χ2v) is 4.66. The zero-order chi connectivity index (χ0) is 12.8. The standard InChI is InChI=1S/C15H16O2S/c1-16-15-6-4-3-5-12(15)11-17-13-7-9-14(18-2)10-8-13/h3-10H,11H2,1-2H3. The van der Waals surface area contributed by atoms with Gasteiger partial charge < -0.3 is 9.47 Å². The van der Waals surface area contributed by atoms with Crippen LogP contribution in [0.2, 0.25) is 0 Å². The predicted molar refractivity (Wildman–Crippen MR) is 75.5 cm³/mol. The van der Waals surface area contributed by atoms with Crippen LogP contribution in [0.1, 0.15) is 5.56 Å². The molecule has 0 heterocycles. The number of benzene rings is 2. The van der Waals surface area contributed by atoms with E-state index in [4.69, 9.17) is 9.47 Å². The van der Waals surface area contributed by atoms with Gasteiger partial charge in [-0.1, -0.05) is 18.2 Å². The maximum atomic E-state index is 5.74. The van der Waals surface area contributed by atoms with E-state index in [0.717, 1.165) is 17.1 Å². The third-order valence-corrected chi connectivity index (χ3v) is 3.39. The van der Waals surface area contributed by atoms with Crippen molar-refractivity contribution in [1.29, 1.82) is 0 Å². The van der Waals surface area contributed by atoms with Gasteiger partial charge in [-0.25, -0.2) is 0 Å². The molecule has 2 rings (SSSR count). The third-order valence-electron chi connectivity index (χ3n) is 2.65. The Morgan fingerprint density at radius 3 is 2.39 bits per heavy atom. The van der Waals surface area contributed by atoms with Crippen molar-refractivity contribution >= 4 is 11.8 Å². The Morgan fingerprint density at radius 2 is 1.72 bits per heavy atom. The smallest absolute Gasteiger partial charge is 0.125 e. The minimum Gasteiger partial charge on any atom is -0.496 e. The van der Waals surface area contributed by atoms with Crippen LogP contribution < -0.4 is 9.47 Å². The molecule has 0 spiro atoms. The van der Waals surface area contributed by atoms with Gasteiger partial charge in [0.15, 0.2) is 0 Å². The average Bonchev–Trinajstić information content (AvgIpc) is 2.46. The van der Waals surface area contributed by atoms with Gasteiger partial charge in [0.25, 0.3) is 0 Å². The minimum absolute atomic E-state index is 0.516. The fraction of sp³-hybridized carbons (Fsp3) is 0.200. The van der Waals surface area contributed by atoms with E-state index in [1.54, 1.807) is 18.9 Å². The fourth-order valence-corrected chi connectivity index (χ4v) is 2.06. The molecular weight excluding hydrogens is 244 g/mol. The number of ether oxygens (including phenoxy) is 2. The number of rotatable bonds is 5. The van der Waals surface area contributed by atoms with Gasteiger partial charge in [0, 0.05) is 10.5 Å². The molecule has 0 atom stereocenters. The van der Waals surface area contributed by atoms with Gasteiger partial charge in [0.2, 0.25) is 0 Å². The monoisotopic (exact) mass is 260 g/mol. The second kappa shape index (κ2) is 6.36. The molecular formula is C15H16O2S. The van der Waals surface area contributed by atoms with E-state index >= 15 is 0 Å². The van der Waals surface area contributed by atoms with Gasteiger partial charge in [-0.2, -0.15) is 0 Å². The Balaban J connectivity index is 2.02. The van der Waals surface area contributed by atoms with Crippen molar-refractivity contribution in [2.75, 3.05) is 13.4 Å². The van der Waals surface area contributed by atoms with E-state index in [1.165, 1.54) is 4.90 Å². The van der Waals surface area contributed by atoms with Crippen LogP contribution in [0.25, 0.3) is 0 Å². The summed E-state index contributed by atoms with van der Waals surface area (Å²) in [5, 5.41) is 0. The van der Waals surface area contributed by atoms with Gasteiger partial charge in [-0.15, -0.1) is 11.8 Å². The van der Waals surface area contributed by atoms with E-state index in [0.29, 0.717) is 6.61 Å². The lowest BCUT2D eigenvalue weighted by molar-refractivity contribution is 0.296. The van der Waals surface area contributed by atoms with E-state index in [2.05, 4.69) is 18.4 Å². The van der Waals surface area contributed by atoms with E-state index < -0.39 is 0 Å². The summed E-state index contributed by atoms with van der Waals surface area (Å²) in [5.74, 6) is 1.73. The van der Waals surface area contributed by atoms with Crippen LogP contribution in [0, 0.1) is 0 Å². The summed E-state index contributed by atoms with van der Waals surface area (Å²) < 4.78 is 11.0. The maximum Gasteiger partial charge on any atom is 0.125 e. The molecule has 0 radical (unpaired) electrons. The van der Waals surface area contributed by atoms with Gasteiger partial charge in [0.05, 0.1) is 7.11 Å². The molecule has 18 heavy (non-hydrogen) atoms. The molecule has 0 bridgehead atoms. The van der Waals surface area contributed by atoms with Crippen LogP contribution in [0.4, 0.5) is 0 Å². The summed E-state index contributed by atoms with van der Waals surface area (Å²) in [6.45, 7) is 0.516. The minimum atomic E-state index is 0.516. The summed E-state index contributed by atoms with van der Waals surface area (Å²) in [4.78, 5) is 1.24. The Bertz CT molecular complexity index is 494. The summed E-state index contributed by atoms with van der Waals surface area (Å²) in [6, 6.07) is 16.0. The Hall–Kier alpha value is -1.61. The van der Waals surface area contributed by atoms with Gasteiger partial charge in [-0.3, -0.25) is 0 Å². The summed E-state index contributed by atoms with van der Waals surface area (Å²) >= 11 is 1.72. The molecule has 0 saturated heterocycles. The molecule has 3 heteroatoms. The molecule has 0 amide bonds. The SMILES string of the molecule is COc1ccccc1COc1ccc(SC)cc1. The molecule has 0 aliphatic carbocycles. The van der Waals surface area contributed by atoms with Crippen LogP contribution in [-0.2, 0) is 6.61 Å². The second-order valence-electron chi connectivity index (χ2n) is 3.78. The largest absolute Gasteiger partial charge is 0.496 e. The van der Waals surface area contributed by atoms with Crippen molar-refractivity contribution in [1.82, 2.24) is 0 Å². The van der Waals surface area contributed by atoms with Crippen molar-refractivity contribution < 1.29 is 9.47 Å². The molecule has 2 aromatic rings. The highest BCUT2D eigenvalue weighted by molar-refractivity contribution is 7.98. The Morgan fingerprint density at radius 1 is 1.00 bits per heavy atom. The average molecular weight is 260 g/mol. The van der Waals surface area contributed by atoms with E-state index in [-0.39, 0.29) is 0 Å². The number of hydrogen-bond donors (Lipinski definition) is 0. The highest BCUT2D eigenvalue weighted by atomic mass is 32.2. The first-order chi connectivity index (χ1) is 8.83. The van der Waals surface area contributed by atoms with Crippen molar-refractivity contribution in [3.8, 4) is 11.5 Å². The normalized spacial score (nSPS) is 10.1. The zero-order valence-electron chi connectivity index (χ0n) is 10.6. The number of hydrogen-bond acceptors (Lipinski definition) is 3. The van der Waals surface area contributed by atoms with Gasteiger partial charge in [-0.05, 0) is 36.6 Å².